The van der Waals surface area contributed by atoms with E-state index >= 15 is 0 Å². The average molecular weight is 356 g/mol. The maximum Gasteiger partial charge on any atom is 0.297 e. The third-order valence-electron chi connectivity index (χ3n) is 4.40. The minimum Gasteiger partial charge on any atom is -0.347 e. The second-order valence-corrected chi connectivity index (χ2v) is 8.34. The number of hydrogen-bond donors (Lipinski definition) is 0. The molecule has 3 aliphatic rings. The van der Waals surface area contributed by atoms with E-state index < -0.39 is 40.5 Å². The molecule has 8 heteroatoms. The van der Waals surface area contributed by atoms with Crippen molar-refractivity contribution in [1.29, 1.82) is 0 Å². The molecule has 0 N–H and O–H groups in total. The van der Waals surface area contributed by atoms with Crippen molar-refractivity contribution < 1.29 is 31.5 Å². The maximum atomic E-state index is 12.6. The molecule has 24 heavy (non-hydrogen) atoms. The molecule has 3 fully saturated rings. The van der Waals surface area contributed by atoms with Crippen LogP contribution in [0.2, 0.25) is 0 Å². The minimum atomic E-state index is -3.97. The lowest BCUT2D eigenvalue weighted by molar-refractivity contribution is -0.194. The molecule has 7 nitrogen and oxygen atoms in total. The van der Waals surface area contributed by atoms with Crippen molar-refractivity contribution >= 4 is 10.1 Å². The van der Waals surface area contributed by atoms with Gasteiger partial charge in [-0.2, -0.15) is 8.42 Å². The molecule has 1 aromatic carbocycles. The van der Waals surface area contributed by atoms with E-state index in [2.05, 4.69) is 0 Å². The zero-order valence-corrected chi connectivity index (χ0v) is 14.5. The van der Waals surface area contributed by atoms with Crippen molar-refractivity contribution in [2.45, 2.75) is 62.2 Å². The molecule has 132 valence electrons. The Balaban J connectivity index is 1.62. The monoisotopic (exact) mass is 356 g/mol. The van der Waals surface area contributed by atoms with E-state index in [-0.39, 0.29) is 11.0 Å². The fraction of sp³-hybridized carbons (Fsp3) is 0.625. The zero-order chi connectivity index (χ0) is 17.1. The standard InChI is InChI=1S/C16H20O7S/c1-9-4-6-10(7-5-9)24(17,18)23-14-13-12(21-16(2,3)22-13)11-8-19-15(14)20-11/h4-7,11-15H,8H2,1-3H3/t11-,12-,13-,14+,15+/m0/s1. The van der Waals surface area contributed by atoms with Crippen LogP contribution in [0.3, 0.4) is 0 Å². The summed E-state index contributed by atoms with van der Waals surface area (Å²) in [5.74, 6) is -0.821. The molecule has 0 aliphatic carbocycles. The van der Waals surface area contributed by atoms with Gasteiger partial charge in [-0.25, -0.2) is 0 Å². The highest BCUT2D eigenvalue weighted by molar-refractivity contribution is 7.86. The predicted molar refractivity (Wildman–Crippen MR) is 81.7 cm³/mol. The van der Waals surface area contributed by atoms with Gasteiger partial charge in [0.1, 0.15) is 18.3 Å². The van der Waals surface area contributed by atoms with Crippen LogP contribution in [0.15, 0.2) is 29.2 Å². The first-order chi connectivity index (χ1) is 11.3. The molecule has 3 aliphatic heterocycles. The molecule has 4 rings (SSSR count). The summed E-state index contributed by atoms with van der Waals surface area (Å²) < 4.78 is 53.6. The first-order valence-electron chi connectivity index (χ1n) is 7.88. The van der Waals surface area contributed by atoms with Crippen LogP contribution in [-0.2, 0) is 33.2 Å². The van der Waals surface area contributed by atoms with Gasteiger partial charge in [-0.1, -0.05) is 17.7 Å². The van der Waals surface area contributed by atoms with E-state index in [0.717, 1.165) is 5.56 Å². The van der Waals surface area contributed by atoms with E-state index in [1.54, 1.807) is 26.0 Å². The molecule has 0 unspecified atom stereocenters. The Kier molecular flexibility index (Phi) is 3.76. The highest BCUT2D eigenvalue weighted by Gasteiger charge is 2.60. The van der Waals surface area contributed by atoms with Gasteiger partial charge in [0, 0.05) is 0 Å². The average Bonchev–Trinajstić information content (AvgIpc) is 3.07. The summed E-state index contributed by atoms with van der Waals surface area (Å²) in [6.07, 6.45) is -2.96. The van der Waals surface area contributed by atoms with E-state index in [4.69, 9.17) is 23.1 Å². The van der Waals surface area contributed by atoms with Crippen molar-refractivity contribution in [3.8, 4) is 0 Å². The van der Waals surface area contributed by atoms with Crippen LogP contribution in [0.25, 0.3) is 0 Å². The van der Waals surface area contributed by atoms with Crippen LogP contribution in [-0.4, -0.2) is 51.5 Å². The van der Waals surface area contributed by atoms with E-state index in [1.807, 2.05) is 6.92 Å². The summed E-state index contributed by atoms with van der Waals surface area (Å²) in [4.78, 5) is 0.0861. The van der Waals surface area contributed by atoms with Gasteiger partial charge in [0.05, 0.1) is 11.5 Å². The Hall–Kier alpha value is -1.03. The SMILES string of the molecule is Cc1ccc(S(=O)(=O)O[C@H]2[C@@H]3OC[C@H](O3)[C@@H]3OC(C)(C)O[C@@H]32)cc1. The lowest BCUT2D eigenvalue weighted by Gasteiger charge is -2.34. The van der Waals surface area contributed by atoms with E-state index in [0.29, 0.717) is 6.61 Å². The van der Waals surface area contributed by atoms with Gasteiger partial charge in [-0.3, -0.25) is 4.18 Å². The third-order valence-corrected chi connectivity index (χ3v) is 5.73. The van der Waals surface area contributed by atoms with Gasteiger partial charge >= 0.3 is 0 Å². The van der Waals surface area contributed by atoms with Crippen LogP contribution in [0.5, 0.6) is 0 Å². The van der Waals surface area contributed by atoms with E-state index in [1.165, 1.54) is 12.1 Å². The quantitative estimate of drug-likeness (QED) is 0.756. The molecule has 0 radical (unpaired) electrons. The molecule has 3 saturated heterocycles. The Labute approximate surface area is 140 Å². The normalized spacial score (nSPS) is 37.4. The summed E-state index contributed by atoms with van der Waals surface area (Å²) in [7, 11) is -3.97. The van der Waals surface area contributed by atoms with Gasteiger partial charge in [-0.15, -0.1) is 0 Å². The van der Waals surface area contributed by atoms with Crippen LogP contribution >= 0.6 is 0 Å². The van der Waals surface area contributed by atoms with Crippen molar-refractivity contribution in [3.05, 3.63) is 29.8 Å². The summed E-state index contributed by atoms with van der Waals surface area (Å²) in [5.41, 5.74) is 0.964. The number of fused-ring (bicyclic) bond motifs is 4. The first-order valence-corrected chi connectivity index (χ1v) is 9.29. The van der Waals surface area contributed by atoms with Crippen LogP contribution in [0.1, 0.15) is 19.4 Å². The second kappa shape index (κ2) is 5.48. The number of aryl methyl sites for hydroxylation is 1. The van der Waals surface area contributed by atoms with Gasteiger partial charge in [0.2, 0.25) is 0 Å². The molecule has 3 heterocycles. The largest absolute Gasteiger partial charge is 0.347 e. The summed E-state index contributed by atoms with van der Waals surface area (Å²) in [6, 6.07) is 6.47. The molecule has 0 aromatic heterocycles. The van der Waals surface area contributed by atoms with Gasteiger partial charge < -0.3 is 18.9 Å². The van der Waals surface area contributed by atoms with Crippen molar-refractivity contribution in [2.24, 2.45) is 0 Å². The lowest BCUT2D eigenvalue weighted by atomic mass is 10.0. The molecule has 0 spiro atoms. The Morgan fingerprint density at radius 3 is 2.50 bits per heavy atom. The molecule has 0 amide bonds. The fourth-order valence-electron chi connectivity index (χ4n) is 3.31. The van der Waals surface area contributed by atoms with Crippen LogP contribution in [0.4, 0.5) is 0 Å². The second-order valence-electron chi connectivity index (χ2n) is 6.77. The van der Waals surface area contributed by atoms with E-state index in [9.17, 15) is 8.42 Å². The van der Waals surface area contributed by atoms with Crippen LogP contribution < -0.4 is 0 Å². The van der Waals surface area contributed by atoms with Gasteiger partial charge in [0.25, 0.3) is 10.1 Å². The van der Waals surface area contributed by atoms with Crippen molar-refractivity contribution in [3.63, 3.8) is 0 Å². The number of hydrogen-bond acceptors (Lipinski definition) is 7. The summed E-state index contributed by atoms with van der Waals surface area (Å²) >= 11 is 0. The summed E-state index contributed by atoms with van der Waals surface area (Å²) in [5, 5.41) is 0. The number of rotatable bonds is 3. The molecule has 1 aromatic rings. The first kappa shape index (κ1) is 16.4. The highest BCUT2D eigenvalue weighted by Crippen LogP contribution is 2.42. The van der Waals surface area contributed by atoms with Crippen LogP contribution in [0, 0.1) is 6.92 Å². The summed E-state index contributed by atoms with van der Waals surface area (Å²) in [6.45, 7) is 5.78. The molecule has 5 atom stereocenters. The molecule has 2 bridgehead atoms. The topological polar surface area (TPSA) is 80.3 Å². The molecular formula is C16H20O7S. The van der Waals surface area contributed by atoms with Crippen molar-refractivity contribution in [2.75, 3.05) is 6.61 Å². The van der Waals surface area contributed by atoms with Gasteiger partial charge in [-0.05, 0) is 32.9 Å². The maximum absolute atomic E-state index is 12.6. The molecular weight excluding hydrogens is 336 g/mol. The molecule has 0 saturated carbocycles. The Bertz CT molecular complexity index is 727. The van der Waals surface area contributed by atoms with Crippen molar-refractivity contribution in [1.82, 2.24) is 0 Å². The minimum absolute atomic E-state index is 0.0861. The lowest BCUT2D eigenvalue weighted by Crippen LogP contribution is -2.53. The number of ether oxygens (including phenoxy) is 4. The smallest absolute Gasteiger partial charge is 0.297 e. The highest BCUT2D eigenvalue weighted by atomic mass is 32.2. The fourth-order valence-corrected chi connectivity index (χ4v) is 4.38. The predicted octanol–water partition coefficient (Wildman–Crippen LogP) is 1.34. The Morgan fingerprint density at radius 1 is 1.12 bits per heavy atom. The zero-order valence-electron chi connectivity index (χ0n) is 13.7. The third kappa shape index (κ3) is 2.77. The number of benzene rings is 1. The van der Waals surface area contributed by atoms with Gasteiger partial charge in [0.15, 0.2) is 18.2 Å². The Morgan fingerprint density at radius 2 is 1.79 bits per heavy atom.